The summed E-state index contributed by atoms with van der Waals surface area (Å²) in [6.07, 6.45) is 0.793. The van der Waals surface area contributed by atoms with Crippen LogP contribution in [-0.4, -0.2) is 45.2 Å². The average molecular weight is 408 g/mol. The van der Waals surface area contributed by atoms with Gasteiger partial charge in [0.05, 0.1) is 18.4 Å². The van der Waals surface area contributed by atoms with E-state index in [1.165, 1.54) is 25.4 Å². The Morgan fingerprint density at radius 3 is 2.83 bits per heavy atom. The van der Waals surface area contributed by atoms with Gasteiger partial charge in [0.15, 0.2) is 0 Å². The van der Waals surface area contributed by atoms with Crippen LogP contribution in [0, 0.1) is 0 Å². The van der Waals surface area contributed by atoms with Gasteiger partial charge in [-0.2, -0.15) is 4.98 Å². The summed E-state index contributed by atoms with van der Waals surface area (Å²) in [5, 5.41) is 22.6. The molecule has 1 aliphatic heterocycles. The Morgan fingerprint density at radius 1 is 1.23 bits per heavy atom. The Kier molecular flexibility index (Phi) is 5.21. The molecule has 154 valence electrons. The van der Waals surface area contributed by atoms with Gasteiger partial charge in [-0.1, -0.05) is 12.1 Å². The van der Waals surface area contributed by atoms with Crippen LogP contribution >= 0.6 is 0 Å². The van der Waals surface area contributed by atoms with Crippen molar-refractivity contribution in [2.75, 3.05) is 19.5 Å². The van der Waals surface area contributed by atoms with Gasteiger partial charge < -0.3 is 25.0 Å². The number of carboxylic acid groups (broad SMARTS) is 1. The molecule has 0 spiro atoms. The predicted octanol–water partition coefficient (Wildman–Crippen LogP) is 3.16. The van der Waals surface area contributed by atoms with Crippen molar-refractivity contribution in [3.05, 3.63) is 65.4 Å². The summed E-state index contributed by atoms with van der Waals surface area (Å²) in [5.74, 6) is 0.367. The standard InChI is InChI=1S/C21H20N4O5/c1-25-11-13-4-3-5-15(18(13)19(25)26)30-17-8-9-22-21(24-17)23-14-7-6-12(20(27)28)10-16(14)29-2/h3-10,19,26H,11H2,1-2H3,(H,27,28)(H,22,23,24). The number of benzene rings is 2. The number of anilines is 2. The molecule has 0 radical (unpaired) electrons. The van der Waals surface area contributed by atoms with Crippen LogP contribution in [0.4, 0.5) is 11.6 Å². The average Bonchev–Trinajstić information content (AvgIpc) is 3.03. The maximum absolute atomic E-state index is 11.1. The second-order valence-corrected chi connectivity index (χ2v) is 6.78. The zero-order valence-corrected chi connectivity index (χ0v) is 16.4. The number of aliphatic hydroxyl groups is 1. The molecule has 3 N–H and O–H groups in total. The zero-order chi connectivity index (χ0) is 21.3. The summed E-state index contributed by atoms with van der Waals surface area (Å²) in [4.78, 5) is 21.5. The number of methoxy groups -OCH3 is 1. The summed E-state index contributed by atoms with van der Waals surface area (Å²) in [6.45, 7) is 0.635. The first-order chi connectivity index (χ1) is 14.5. The summed E-state index contributed by atoms with van der Waals surface area (Å²) >= 11 is 0. The fourth-order valence-corrected chi connectivity index (χ4v) is 3.30. The molecular weight excluding hydrogens is 388 g/mol. The van der Waals surface area contributed by atoms with Gasteiger partial charge in [0.2, 0.25) is 11.8 Å². The molecule has 2 aromatic carbocycles. The normalized spacial score (nSPS) is 15.5. The van der Waals surface area contributed by atoms with E-state index in [1.54, 1.807) is 18.2 Å². The van der Waals surface area contributed by atoms with E-state index in [2.05, 4.69) is 15.3 Å². The summed E-state index contributed by atoms with van der Waals surface area (Å²) in [7, 11) is 3.29. The Balaban J connectivity index is 1.58. The van der Waals surface area contributed by atoms with Crippen LogP contribution in [0.1, 0.15) is 27.7 Å². The highest BCUT2D eigenvalue weighted by Crippen LogP contribution is 2.38. The molecule has 30 heavy (non-hydrogen) atoms. The molecule has 0 amide bonds. The number of rotatable bonds is 6. The van der Waals surface area contributed by atoms with Gasteiger partial charge in [-0.3, -0.25) is 4.90 Å². The van der Waals surface area contributed by atoms with Crippen molar-refractivity contribution in [2.24, 2.45) is 0 Å². The van der Waals surface area contributed by atoms with Crippen molar-refractivity contribution in [2.45, 2.75) is 12.8 Å². The van der Waals surface area contributed by atoms with Crippen LogP contribution in [0.25, 0.3) is 0 Å². The number of hydrogen-bond acceptors (Lipinski definition) is 8. The summed E-state index contributed by atoms with van der Waals surface area (Å²) in [5.41, 5.74) is 2.34. The molecule has 0 fully saturated rings. The highest BCUT2D eigenvalue weighted by atomic mass is 16.5. The lowest BCUT2D eigenvalue weighted by molar-refractivity contribution is 0.0324. The molecule has 0 bridgehead atoms. The number of hydrogen-bond donors (Lipinski definition) is 3. The molecule has 1 aliphatic rings. The number of aromatic carboxylic acids is 1. The molecule has 0 saturated heterocycles. The molecule has 3 aromatic rings. The monoisotopic (exact) mass is 408 g/mol. The van der Waals surface area contributed by atoms with E-state index in [1.807, 2.05) is 24.1 Å². The number of carbonyl (C=O) groups is 1. The van der Waals surface area contributed by atoms with Crippen LogP contribution in [0.5, 0.6) is 17.4 Å². The second kappa shape index (κ2) is 7.97. The fraction of sp³-hybridized carbons (Fsp3) is 0.190. The SMILES string of the molecule is COc1cc(C(=O)O)ccc1Nc1nccc(Oc2cccc3c2C(O)N(C)C3)n1. The largest absolute Gasteiger partial charge is 0.495 e. The number of ether oxygens (including phenoxy) is 2. The molecule has 2 heterocycles. The first kappa shape index (κ1) is 19.6. The van der Waals surface area contributed by atoms with Crippen molar-refractivity contribution in [3.8, 4) is 17.4 Å². The lowest BCUT2D eigenvalue weighted by Gasteiger charge is -2.16. The van der Waals surface area contributed by atoms with E-state index in [-0.39, 0.29) is 11.5 Å². The number of aliphatic hydroxyl groups excluding tert-OH is 1. The lowest BCUT2D eigenvalue weighted by Crippen LogP contribution is -2.15. The maximum Gasteiger partial charge on any atom is 0.335 e. The Morgan fingerprint density at radius 2 is 2.07 bits per heavy atom. The molecule has 1 unspecified atom stereocenters. The number of nitrogens with zero attached hydrogens (tertiary/aromatic N) is 3. The van der Waals surface area contributed by atoms with Crippen LogP contribution in [0.15, 0.2) is 48.7 Å². The van der Waals surface area contributed by atoms with E-state index in [0.29, 0.717) is 29.6 Å². The van der Waals surface area contributed by atoms with E-state index >= 15 is 0 Å². The first-order valence-corrected chi connectivity index (χ1v) is 9.15. The molecule has 0 saturated carbocycles. The smallest absolute Gasteiger partial charge is 0.335 e. The van der Waals surface area contributed by atoms with E-state index < -0.39 is 12.2 Å². The number of aromatic nitrogens is 2. The third-order valence-electron chi connectivity index (χ3n) is 4.79. The highest BCUT2D eigenvalue weighted by Gasteiger charge is 2.29. The van der Waals surface area contributed by atoms with Gasteiger partial charge in [0.25, 0.3) is 0 Å². The van der Waals surface area contributed by atoms with Crippen LogP contribution in [0.2, 0.25) is 0 Å². The minimum Gasteiger partial charge on any atom is -0.495 e. The summed E-state index contributed by atoms with van der Waals surface area (Å²) in [6, 6.07) is 11.7. The third kappa shape index (κ3) is 3.76. The molecule has 4 rings (SSSR count). The molecule has 0 aliphatic carbocycles. The van der Waals surface area contributed by atoms with Crippen LogP contribution < -0.4 is 14.8 Å². The highest BCUT2D eigenvalue weighted by molar-refractivity contribution is 5.89. The van der Waals surface area contributed by atoms with Crippen LogP contribution in [0.3, 0.4) is 0 Å². The summed E-state index contributed by atoms with van der Waals surface area (Å²) < 4.78 is 11.2. The van der Waals surface area contributed by atoms with Gasteiger partial charge in [-0.25, -0.2) is 9.78 Å². The fourth-order valence-electron chi connectivity index (χ4n) is 3.30. The van der Waals surface area contributed by atoms with E-state index in [0.717, 1.165) is 11.1 Å². The predicted molar refractivity (Wildman–Crippen MR) is 108 cm³/mol. The molecule has 1 atom stereocenters. The third-order valence-corrected chi connectivity index (χ3v) is 4.79. The van der Waals surface area contributed by atoms with Crippen molar-refractivity contribution in [1.29, 1.82) is 0 Å². The Bertz CT molecular complexity index is 1100. The molecular formula is C21H20N4O5. The lowest BCUT2D eigenvalue weighted by atomic mass is 10.1. The van der Waals surface area contributed by atoms with E-state index in [9.17, 15) is 9.90 Å². The van der Waals surface area contributed by atoms with Crippen molar-refractivity contribution in [3.63, 3.8) is 0 Å². The van der Waals surface area contributed by atoms with Gasteiger partial charge in [-0.05, 0) is 36.9 Å². The van der Waals surface area contributed by atoms with Crippen molar-refractivity contribution in [1.82, 2.24) is 14.9 Å². The number of carboxylic acids is 1. The topological polar surface area (TPSA) is 117 Å². The molecule has 9 nitrogen and oxygen atoms in total. The van der Waals surface area contributed by atoms with Gasteiger partial charge in [-0.15, -0.1) is 0 Å². The van der Waals surface area contributed by atoms with Crippen LogP contribution in [-0.2, 0) is 6.54 Å². The van der Waals surface area contributed by atoms with Crippen molar-refractivity contribution >= 4 is 17.6 Å². The number of fused-ring (bicyclic) bond motifs is 1. The minimum atomic E-state index is -1.05. The second-order valence-electron chi connectivity index (χ2n) is 6.78. The Labute approximate surface area is 172 Å². The first-order valence-electron chi connectivity index (χ1n) is 9.15. The maximum atomic E-state index is 11.1. The molecule has 9 heteroatoms. The minimum absolute atomic E-state index is 0.108. The number of nitrogens with one attached hydrogen (secondary N) is 1. The molecule has 1 aromatic heterocycles. The van der Waals surface area contributed by atoms with Crippen molar-refractivity contribution < 1.29 is 24.5 Å². The van der Waals surface area contributed by atoms with Gasteiger partial charge >= 0.3 is 5.97 Å². The quantitative estimate of drug-likeness (QED) is 0.565. The van der Waals surface area contributed by atoms with Gasteiger partial charge in [0, 0.05) is 24.4 Å². The zero-order valence-electron chi connectivity index (χ0n) is 16.4. The van der Waals surface area contributed by atoms with Gasteiger partial charge in [0.1, 0.15) is 17.7 Å². The Hall–Kier alpha value is -3.69. The van der Waals surface area contributed by atoms with E-state index in [4.69, 9.17) is 14.6 Å².